The SMILES string of the molecule is CS(=O)(=O)c1ccc(-c2cc(Cl)cc3c2cnn3C2CCCCO2)cc1. The summed E-state index contributed by atoms with van der Waals surface area (Å²) >= 11 is 6.37. The second kappa shape index (κ2) is 6.68. The highest BCUT2D eigenvalue weighted by Gasteiger charge is 2.20. The second-order valence-electron chi connectivity index (χ2n) is 6.59. The highest BCUT2D eigenvalue weighted by Crippen LogP contribution is 2.35. The molecule has 0 saturated carbocycles. The van der Waals surface area contributed by atoms with Crippen molar-refractivity contribution in [3.63, 3.8) is 0 Å². The molecule has 7 heteroatoms. The normalized spacial score (nSPS) is 18.3. The van der Waals surface area contributed by atoms with Gasteiger partial charge in [0.05, 0.1) is 16.6 Å². The number of hydrogen-bond donors (Lipinski definition) is 0. The summed E-state index contributed by atoms with van der Waals surface area (Å²) in [4.78, 5) is 0.297. The van der Waals surface area contributed by atoms with Crippen LogP contribution < -0.4 is 0 Å². The van der Waals surface area contributed by atoms with E-state index >= 15 is 0 Å². The third kappa shape index (κ3) is 3.24. The summed E-state index contributed by atoms with van der Waals surface area (Å²) in [7, 11) is -3.22. The Kier molecular flexibility index (Phi) is 4.50. The van der Waals surface area contributed by atoms with Gasteiger partial charge in [0.1, 0.15) is 0 Å². The molecule has 1 aliphatic heterocycles. The fraction of sp³-hybridized carbons (Fsp3) is 0.316. The van der Waals surface area contributed by atoms with Crippen molar-refractivity contribution in [3.05, 3.63) is 47.6 Å². The average Bonchev–Trinajstić information content (AvgIpc) is 3.05. The number of sulfone groups is 1. The van der Waals surface area contributed by atoms with Crippen LogP contribution in [0.2, 0.25) is 5.02 Å². The van der Waals surface area contributed by atoms with E-state index in [1.807, 2.05) is 23.0 Å². The molecule has 1 aromatic heterocycles. The van der Waals surface area contributed by atoms with E-state index in [4.69, 9.17) is 16.3 Å². The minimum Gasteiger partial charge on any atom is -0.356 e. The van der Waals surface area contributed by atoms with Crippen LogP contribution in [0.15, 0.2) is 47.5 Å². The number of benzene rings is 2. The van der Waals surface area contributed by atoms with E-state index in [1.54, 1.807) is 24.3 Å². The summed E-state index contributed by atoms with van der Waals surface area (Å²) < 4.78 is 31.1. The van der Waals surface area contributed by atoms with Crippen molar-refractivity contribution in [1.82, 2.24) is 9.78 Å². The lowest BCUT2D eigenvalue weighted by Crippen LogP contribution is -2.18. The Morgan fingerprint density at radius 1 is 1.19 bits per heavy atom. The van der Waals surface area contributed by atoms with Gasteiger partial charge in [-0.05, 0) is 54.7 Å². The van der Waals surface area contributed by atoms with E-state index < -0.39 is 9.84 Å². The van der Waals surface area contributed by atoms with Crippen LogP contribution in [0.1, 0.15) is 25.5 Å². The van der Waals surface area contributed by atoms with E-state index in [0.717, 1.165) is 47.9 Å². The van der Waals surface area contributed by atoms with Crippen LogP contribution in [0.5, 0.6) is 0 Å². The first-order valence-corrected chi connectivity index (χ1v) is 10.8. The summed E-state index contributed by atoms with van der Waals surface area (Å²) in [5.74, 6) is 0. The van der Waals surface area contributed by atoms with Gasteiger partial charge in [-0.15, -0.1) is 0 Å². The molecule has 5 nitrogen and oxygen atoms in total. The Morgan fingerprint density at radius 3 is 2.62 bits per heavy atom. The van der Waals surface area contributed by atoms with E-state index in [0.29, 0.717) is 9.92 Å². The number of hydrogen-bond acceptors (Lipinski definition) is 4. The van der Waals surface area contributed by atoms with Crippen molar-refractivity contribution in [1.29, 1.82) is 0 Å². The Morgan fingerprint density at radius 2 is 1.96 bits per heavy atom. The molecule has 1 fully saturated rings. The summed E-state index contributed by atoms with van der Waals surface area (Å²) in [6.07, 6.45) is 6.08. The van der Waals surface area contributed by atoms with E-state index in [-0.39, 0.29) is 6.23 Å². The summed E-state index contributed by atoms with van der Waals surface area (Å²) in [5, 5.41) is 6.12. The van der Waals surface area contributed by atoms with Crippen LogP contribution in [0, 0.1) is 0 Å². The molecule has 4 rings (SSSR count). The van der Waals surface area contributed by atoms with Crippen molar-refractivity contribution in [2.45, 2.75) is 30.4 Å². The molecule has 0 radical (unpaired) electrons. The maximum absolute atomic E-state index is 11.7. The maximum Gasteiger partial charge on any atom is 0.175 e. The fourth-order valence-electron chi connectivity index (χ4n) is 3.38. The lowest BCUT2D eigenvalue weighted by molar-refractivity contribution is -0.0366. The van der Waals surface area contributed by atoms with Crippen molar-refractivity contribution in [2.24, 2.45) is 0 Å². The molecule has 3 aromatic rings. The van der Waals surface area contributed by atoms with Crippen molar-refractivity contribution >= 4 is 32.3 Å². The Bertz CT molecular complexity index is 1050. The Balaban J connectivity index is 1.82. The third-order valence-electron chi connectivity index (χ3n) is 4.70. The quantitative estimate of drug-likeness (QED) is 0.662. The number of nitrogens with zero attached hydrogens (tertiary/aromatic N) is 2. The van der Waals surface area contributed by atoms with E-state index in [1.165, 1.54) is 6.26 Å². The van der Waals surface area contributed by atoms with Gasteiger partial charge in [-0.3, -0.25) is 0 Å². The molecule has 1 saturated heterocycles. The monoisotopic (exact) mass is 390 g/mol. The number of fused-ring (bicyclic) bond motifs is 1. The van der Waals surface area contributed by atoms with Crippen molar-refractivity contribution in [2.75, 3.05) is 12.9 Å². The van der Waals surface area contributed by atoms with Crippen LogP contribution in [-0.4, -0.2) is 31.1 Å². The molecular formula is C19H19ClN2O3S. The molecule has 2 heterocycles. The van der Waals surface area contributed by atoms with E-state index in [2.05, 4.69) is 5.10 Å². The van der Waals surface area contributed by atoms with Crippen molar-refractivity contribution < 1.29 is 13.2 Å². The standard InChI is InChI=1S/C19H19ClN2O3S/c1-26(23,24)15-7-5-13(6-8-15)16-10-14(20)11-18-17(16)12-21-22(18)19-4-2-3-9-25-19/h5-8,10-12,19H,2-4,9H2,1H3. The molecule has 0 bridgehead atoms. The Hall–Kier alpha value is -1.89. The molecule has 0 spiro atoms. The van der Waals surface area contributed by atoms with Crippen molar-refractivity contribution in [3.8, 4) is 11.1 Å². The molecule has 0 amide bonds. The predicted octanol–water partition coefficient (Wildman–Crippen LogP) is 4.46. The first kappa shape index (κ1) is 17.5. The number of aromatic nitrogens is 2. The van der Waals surface area contributed by atoms with Gasteiger partial charge in [0, 0.05) is 23.3 Å². The van der Waals surface area contributed by atoms with Crippen LogP contribution in [0.25, 0.3) is 22.0 Å². The zero-order valence-electron chi connectivity index (χ0n) is 14.4. The summed E-state index contributed by atoms with van der Waals surface area (Å²) in [6, 6.07) is 10.6. The minimum absolute atomic E-state index is 0.0693. The first-order chi connectivity index (χ1) is 12.4. The van der Waals surface area contributed by atoms with Crippen LogP contribution in [0.3, 0.4) is 0 Å². The van der Waals surface area contributed by atoms with Gasteiger partial charge in [0.15, 0.2) is 16.1 Å². The van der Waals surface area contributed by atoms with Crippen LogP contribution in [0.4, 0.5) is 0 Å². The molecule has 26 heavy (non-hydrogen) atoms. The molecule has 1 unspecified atom stereocenters. The van der Waals surface area contributed by atoms with Crippen LogP contribution in [-0.2, 0) is 14.6 Å². The molecule has 136 valence electrons. The van der Waals surface area contributed by atoms with Gasteiger partial charge in [0.25, 0.3) is 0 Å². The molecule has 2 aromatic carbocycles. The fourth-order valence-corrected chi connectivity index (χ4v) is 4.22. The molecular weight excluding hydrogens is 372 g/mol. The molecule has 1 aliphatic rings. The first-order valence-electron chi connectivity index (χ1n) is 8.52. The minimum atomic E-state index is -3.22. The lowest BCUT2D eigenvalue weighted by Gasteiger charge is -2.23. The smallest absolute Gasteiger partial charge is 0.175 e. The Labute approximate surface area is 157 Å². The number of ether oxygens (including phenoxy) is 1. The van der Waals surface area contributed by atoms with Gasteiger partial charge >= 0.3 is 0 Å². The molecule has 1 atom stereocenters. The van der Waals surface area contributed by atoms with Crippen LogP contribution >= 0.6 is 11.6 Å². The second-order valence-corrected chi connectivity index (χ2v) is 9.05. The zero-order valence-corrected chi connectivity index (χ0v) is 15.9. The topological polar surface area (TPSA) is 61.2 Å². The third-order valence-corrected chi connectivity index (χ3v) is 6.05. The average molecular weight is 391 g/mol. The van der Waals surface area contributed by atoms with Gasteiger partial charge < -0.3 is 4.74 Å². The zero-order chi connectivity index (χ0) is 18.3. The summed E-state index contributed by atoms with van der Waals surface area (Å²) in [6.45, 7) is 0.742. The molecule has 0 N–H and O–H groups in total. The number of halogens is 1. The molecule has 0 aliphatic carbocycles. The van der Waals surface area contributed by atoms with Gasteiger partial charge in [-0.1, -0.05) is 23.7 Å². The maximum atomic E-state index is 11.7. The lowest BCUT2D eigenvalue weighted by atomic mass is 10.0. The van der Waals surface area contributed by atoms with Gasteiger partial charge in [0.2, 0.25) is 0 Å². The van der Waals surface area contributed by atoms with Gasteiger partial charge in [-0.25, -0.2) is 13.1 Å². The van der Waals surface area contributed by atoms with Gasteiger partial charge in [-0.2, -0.15) is 5.10 Å². The summed E-state index contributed by atoms with van der Waals surface area (Å²) in [5.41, 5.74) is 2.75. The highest BCUT2D eigenvalue weighted by atomic mass is 35.5. The largest absolute Gasteiger partial charge is 0.356 e. The van der Waals surface area contributed by atoms with E-state index in [9.17, 15) is 8.42 Å². The predicted molar refractivity (Wildman–Crippen MR) is 102 cm³/mol. The number of rotatable bonds is 3. The highest BCUT2D eigenvalue weighted by molar-refractivity contribution is 7.90.